The largest absolute Gasteiger partial charge is 0.317 e. The summed E-state index contributed by atoms with van der Waals surface area (Å²) in [5, 5.41) is 8.36. The van der Waals surface area contributed by atoms with Gasteiger partial charge in [-0.05, 0) is 45.2 Å². The lowest BCUT2D eigenvalue weighted by atomic mass is 9.97. The molecule has 0 bridgehead atoms. The van der Waals surface area contributed by atoms with Crippen molar-refractivity contribution in [2.24, 2.45) is 11.8 Å². The van der Waals surface area contributed by atoms with Crippen LogP contribution in [0.1, 0.15) is 37.4 Å². The molecule has 1 fully saturated rings. The van der Waals surface area contributed by atoms with Crippen molar-refractivity contribution in [3.8, 4) is 0 Å². The maximum atomic E-state index is 12.3. The fourth-order valence-electron chi connectivity index (χ4n) is 2.39. The van der Waals surface area contributed by atoms with E-state index in [-0.39, 0.29) is 11.8 Å². The molecule has 1 aliphatic rings. The van der Waals surface area contributed by atoms with Gasteiger partial charge in [0.1, 0.15) is 5.00 Å². The number of piperidine rings is 1. The van der Waals surface area contributed by atoms with Crippen LogP contribution < -0.4 is 10.6 Å². The summed E-state index contributed by atoms with van der Waals surface area (Å²) in [5.74, 6) is 0.863. The Hall–Kier alpha value is -0.940. The molecule has 5 heteroatoms. The number of anilines is 1. The Kier molecular flexibility index (Phi) is 4.93. The number of aromatic nitrogens is 1. The predicted octanol–water partition coefficient (Wildman–Crippen LogP) is 2.59. The third-order valence-electron chi connectivity index (χ3n) is 3.35. The van der Waals surface area contributed by atoms with Crippen LogP contribution in [0.3, 0.4) is 0 Å². The standard InChI is InChI=1S/C14H23N3OS/c1-9(2)8-12-14(19-10(3)16-12)17-13(18)11-4-6-15-7-5-11/h9,11,15H,4-8H2,1-3H3,(H,17,18). The van der Waals surface area contributed by atoms with Gasteiger partial charge in [-0.1, -0.05) is 13.8 Å². The van der Waals surface area contributed by atoms with Crippen LogP contribution in [0.15, 0.2) is 0 Å². The highest BCUT2D eigenvalue weighted by Gasteiger charge is 2.22. The van der Waals surface area contributed by atoms with Crippen LogP contribution in [0.4, 0.5) is 5.00 Å². The van der Waals surface area contributed by atoms with E-state index < -0.39 is 0 Å². The average Bonchev–Trinajstić information content (AvgIpc) is 2.69. The Morgan fingerprint density at radius 2 is 2.16 bits per heavy atom. The minimum Gasteiger partial charge on any atom is -0.317 e. The second-order valence-corrected chi connectivity index (χ2v) is 6.82. The molecule has 0 atom stereocenters. The maximum Gasteiger partial charge on any atom is 0.228 e. The summed E-state index contributed by atoms with van der Waals surface area (Å²) < 4.78 is 0. The van der Waals surface area contributed by atoms with Crippen molar-refractivity contribution < 1.29 is 4.79 Å². The molecule has 2 heterocycles. The Balaban J connectivity index is 2.03. The van der Waals surface area contributed by atoms with E-state index in [9.17, 15) is 4.79 Å². The van der Waals surface area contributed by atoms with Crippen molar-refractivity contribution in [2.75, 3.05) is 18.4 Å². The van der Waals surface area contributed by atoms with Gasteiger partial charge in [0.2, 0.25) is 5.91 Å². The fraction of sp³-hybridized carbons (Fsp3) is 0.714. The van der Waals surface area contributed by atoms with E-state index in [4.69, 9.17) is 0 Å². The van der Waals surface area contributed by atoms with Gasteiger partial charge in [-0.2, -0.15) is 0 Å². The minimum atomic E-state index is 0.149. The molecule has 1 aromatic rings. The van der Waals surface area contributed by atoms with Crippen LogP contribution >= 0.6 is 11.3 Å². The molecule has 0 saturated carbocycles. The predicted molar refractivity (Wildman–Crippen MR) is 79.6 cm³/mol. The van der Waals surface area contributed by atoms with E-state index in [1.165, 1.54) is 0 Å². The van der Waals surface area contributed by atoms with E-state index in [1.54, 1.807) is 11.3 Å². The molecule has 4 nitrogen and oxygen atoms in total. The zero-order chi connectivity index (χ0) is 13.8. The molecule has 19 heavy (non-hydrogen) atoms. The molecular weight excluding hydrogens is 258 g/mol. The number of rotatable bonds is 4. The molecule has 1 aromatic heterocycles. The first-order chi connectivity index (χ1) is 9.06. The van der Waals surface area contributed by atoms with Crippen LogP contribution in [-0.4, -0.2) is 24.0 Å². The van der Waals surface area contributed by atoms with E-state index in [0.29, 0.717) is 5.92 Å². The Morgan fingerprint density at radius 3 is 2.79 bits per heavy atom. The summed E-state index contributed by atoms with van der Waals surface area (Å²) in [5.41, 5.74) is 1.04. The van der Waals surface area contributed by atoms with Gasteiger partial charge < -0.3 is 10.6 Å². The maximum absolute atomic E-state index is 12.3. The molecule has 1 saturated heterocycles. The highest BCUT2D eigenvalue weighted by molar-refractivity contribution is 7.16. The number of amides is 1. The van der Waals surface area contributed by atoms with Crippen molar-refractivity contribution in [1.82, 2.24) is 10.3 Å². The first-order valence-electron chi connectivity index (χ1n) is 7.04. The minimum absolute atomic E-state index is 0.149. The monoisotopic (exact) mass is 281 g/mol. The number of hydrogen-bond acceptors (Lipinski definition) is 4. The normalized spacial score (nSPS) is 16.8. The summed E-state index contributed by atoms with van der Waals surface area (Å²) in [6.45, 7) is 8.23. The van der Waals surface area contributed by atoms with Crippen molar-refractivity contribution >= 4 is 22.2 Å². The highest BCUT2D eigenvalue weighted by Crippen LogP contribution is 2.27. The second-order valence-electron chi connectivity index (χ2n) is 5.62. The van der Waals surface area contributed by atoms with Crippen molar-refractivity contribution in [1.29, 1.82) is 0 Å². The summed E-state index contributed by atoms with van der Waals surface area (Å²) in [4.78, 5) is 16.8. The van der Waals surface area contributed by atoms with Gasteiger partial charge in [0.15, 0.2) is 0 Å². The zero-order valence-corrected chi connectivity index (χ0v) is 12.8. The van der Waals surface area contributed by atoms with Crippen LogP contribution in [0.2, 0.25) is 0 Å². The van der Waals surface area contributed by atoms with Gasteiger partial charge in [-0.25, -0.2) is 4.98 Å². The van der Waals surface area contributed by atoms with Gasteiger partial charge in [0, 0.05) is 5.92 Å². The Morgan fingerprint density at radius 1 is 1.47 bits per heavy atom. The molecule has 2 rings (SSSR count). The smallest absolute Gasteiger partial charge is 0.228 e. The number of aryl methyl sites for hydroxylation is 1. The van der Waals surface area contributed by atoms with E-state index in [1.807, 2.05) is 6.92 Å². The fourth-order valence-corrected chi connectivity index (χ4v) is 3.24. The third kappa shape index (κ3) is 4.01. The van der Waals surface area contributed by atoms with Crippen LogP contribution in [0.5, 0.6) is 0 Å². The molecule has 1 amide bonds. The molecule has 0 unspecified atom stereocenters. The van der Waals surface area contributed by atoms with Gasteiger partial charge >= 0.3 is 0 Å². The second kappa shape index (κ2) is 6.48. The van der Waals surface area contributed by atoms with Gasteiger partial charge in [0.05, 0.1) is 10.7 Å². The molecule has 1 aliphatic heterocycles. The van der Waals surface area contributed by atoms with Crippen molar-refractivity contribution in [2.45, 2.75) is 40.0 Å². The number of hydrogen-bond donors (Lipinski definition) is 2. The first-order valence-corrected chi connectivity index (χ1v) is 7.85. The average molecular weight is 281 g/mol. The number of nitrogens with one attached hydrogen (secondary N) is 2. The Labute approximate surface area is 119 Å². The molecule has 2 N–H and O–H groups in total. The zero-order valence-electron chi connectivity index (χ0n) is 12.0. The molecule has 0 aromatic carbocycles. The lowest BCUT2D eigenvalue weighted by molar-refractivity contribution is -0.120. The van der Waals surface area contributed by atoms with Crippen LogP contribution in [-0.2, 0) is 11.2 Å². The number of thiazole rings is 1. The molecular formula is C14H23N3OS. The summed E-state index contributed by atoms with van der Waals surface area (Å²) >= 11 is 1.59. The van der Waals surface area contributed by atoms with E-state index >= 15 is 0 Å². The molecule has 0 spiro atoms. The first kappa shape index (κ1) is 14.5. The summed E-state index contributed by atoms with van der Waals surface area (Å²) in [7, 11) is 0. The van der Waals surface area contributed by atoms with Gasteiger partial charge in [-0.3, -0.25) is 4.79 Å². The summed E-state index contributed by atoms with van der Waals surface area (Å²) in [6.07, 6.45) is 2.79. The number of carbonyl (C=O) groups excluding carboxylic acids is 1. The van der Waals surface area contributed by atoms with Crippen molar-refractivity contribution in [3.63, 3.8) is 0 Å². The topological polar surface area (TPSA) is 54.0 Å². The van der Waals surface area contributed by atoms with Crippen molar-refractivity contribution in [3.05, 3.63) is 10.7 Å². The SMILES string of the molecule is Cc1nc(CC(C)C)c(NC(=O)C2CCNCC2)s1. The number of carbonyl (C=O) groups is 1. The molecule has 0 radical (unpaired) electrons. The van der Waals surface area contributed by atoms with Gasteiger partial charge in [-0.15, -0.1) is 11.3 Å². The lowest BCUT2D eigenvalue weighted by Crippen LogP contribution is -2.34. The molecule has 0 aliphatic carbocycles. The van der Waals surface area contributed by atoms with E-state index in [0.717, 1.165) is 48.1 Å². The summed E-state index contributed by atoms with van der Waals surface area (Å²) in [6, 6.07) is 0. The van der Waals surface area contributed by atoms with E-state index in [2.05, 4.69) is 29.5 Å². The number of nitrogens with zero attached hydrogens (tertiary/aromatic N) is 1. The Bertz CT molecular complexity index is 436. The van der Waals surface area contributed by atoms with Crippen LogP contribution in [0, 0.1) is 18.8 Å². The van der Waals surface area contributed by atoms with Gasteiger partial charge in [0.25, 0.3) is 0 Å². The lowest BCUT2D eigenvalue weighted by Gasteiger charge is -2.21. The molecule has 106 valence electrons. The third-order valence-corrected chi connectivity index (χ3v) is 4.28. The van der Waals surface area contributed by atoms with Crippen LogP contribution in [0.25, 0.3) is 0 Å². The quantitative estimate of drug-likeness (QED) is 0.892. The highest BCUT2D eigenvalue weighted by atomic mass is 32.1.